The monoisotopic (exact) mass is 254 g/mol. The smallest absolute Gasteiger partial charge is 0.276 e. The second-order valence-corrected chi connectivity index (χ2v) is 4.13. The molecule has 1 aromatic carbocycles. The Balaban J connectivity index is 2.13. The minimum absolute atomic E-state index is 0.250. The summed E-state index contributed by atoms with van der Waals surface area (Å²) >= 11 is 0. The molecule has 1 aromatic heterocycles. The molecule has 19 heavy (non-hydrogen) atoms. The van der Waals surface area contributed by atoms with Gasteiger partial charge in [0.15, 0.2) is 5.69 Å². The van der Waals surface area contributed by atoms with Crippen molar-refractivity contribution >= 4 is 11.6 Å². The lowest BCUT2D eigenvalue weighted by atomic mass is 10.2. The molecule has 0 spiro atoms. The van der Waals surface area contributed by atoms with Crippen molar-refractivity contribution < 1.29 is 4.79 Å². The molecule has 1 amide bonds. The molecule has 0 radical (unpaired) electrons. The Morgan fingerprint density at radius 2 is 2.11 bits per heavy atom. The van der Waals surface area contributed by atoms with Gasteiger partial charge < -0.3 is 5.32 Å². The minimum Gasteiger partial charge on any atom is -0.321 e. The molecule has 0 saturated carbocycles. The van der Waals surface area contributed by atoms with E-state index in [-0.39, 0.29) is 5.91 Å². The molecule has 96 valence electrons. The zero-order valence-electron chi connectivity index (χ0n) is 10.8. The van der Waals surface area contributed by atoms with Crippen LogP contribution in [0.25, 0.3) is 0 Å². The standard InChI is InChI=1S/C14H14N4O/c1-3-18-10(2)8-13(17-18)14(19)16-12-6-4-11(9-15)5-7-12/h4-8H,3H2,1-2H3,(H,16,19). The van der Waals surface area contributed by atoms with Gasteiger partial charge >= 0.3 is 0 Å². The zero-order chi connectivity index (χ0) is 13.8. The molecule has 0 saturated heterocycles. The lowest BCUT2D eigenvalue weighted by Gasteiger charge is -2.02. The maximum absolute atomic E-state index is 12.0. The van der Waals surface area contributed by atoms with E-state index in [1.54, 1.807) is 35.0 Å². The molecule has 5 nitrogen and oxygen atoms in total. The van der Waals surface area contributed by atoms with Crippen LogP contribution in [0, 0.1) is 18.3 Å². The zero-order valence-corrected chi connectivity index (χ0v) is 10.8. The largest absolute Gasteiger partial charge is 0.321 e. The van der Waals surface area contributed by atoms with E-state index in [1.807, 2.05) is 19.9 Å². The van der Waals surface area contributed by atoms with E-state index >= 15 is 0 Å². The number of aromatic nitrogens is 2. The Morgan fingerprint density at radius 3 is 2.63 bits per heavy atom. The third kappa shape index (κ3) is 2.80. The average Bonchev–Trinajstić information content (AvgIpc) is 2.81. The highest BCUT2D eigenvalue weighted by atomic mass is 16.1. The molecule has 0 aliphatic carbocycles. The second kappa shape index (κ2) is 5.36. The molecular formula is C14H14N4O. The highest BCUT2D eigenvalue weighted by Gasteiger charge is 2.11. The Morgan fingerprint density at radius 1 is 1.42 bits per heavy atom. The first-order valence-corrected chi connectivity index (χ1v) is 6.00. The summed E-state index contributed by atoms with van der Waals surface area (Å²) in [6, 6.07) is 10.5. The van der Waals surface area contributed by atoms with E-state index in [0.717, 1.165) is 12.2 Å². The molecular weight excluding hydrogens is 240 g/mol. The molecule has 0 unspecified atom stereocenters. The molecule has 1 heterocycles. The molecule has 0 aliphatic heterocycles. The van der Waals surface area contributed by atoms with Crippen LogP contribution in [0.1, 0.15) is 28.7 Å². The number of nitrogens with one attached hydrogen (secondary N) is 1. The Hall–Kier alpha value is -2.61. The van der Waals surface area contributed by atoms with Crippen LogP contribution in [-0.2, 0) is 6.54 Å². The summed E-state index contributed by atoms with van der Waals surface area (Å²) < 4.78 is 1.77. The summed E-state index contributed by atoms with van der Waals surface area (Å²) in [6.07, 6.45) is 0. The second-order valence-electron chi connectivity index (χ2n) is 4.13. The molecule has 1 N–H and O–H groups in total. The van der Waals surface area contributed by atoms with Crippen LogP contribution in [0.3, 0.4) is 0 Å². The molecule has 5 heteroatoms. The predicted octanol–water partition coefficient (Wildman–Crippen LogP) is 2.34. The number of carbonyl (C=O) groups is 1. The number of anilines is 1. The van der Waals surface area contributed by atoms with Crippen LogP contribution in [0.4, 0.5) is 5.69 Å². The number of nitrogens with zero attached hydrogens (tertiary/aromatic N) is 3. The third-order valence-corrected chi connectivity index (χ3v) is 2.79. The molecule has 0 aliphatic rings. The van der Waals surface area contributed by atoms with Gasteiger partial charge in [0.2, 0.25) is 0 Å². The fourth-order valence-electron chi connectivity index (χ4n) is 1.76. The summed E-state index contributed by atoms with van der Waals surface area (Å²) in [5.74, 6) is -0.250. The molecule has 0 bridgehead atoms. The minimum atomic E-state index is -0.250. The highest BCUT2D eigenvalue weighted by Crippen LogP contribution is 2.11. The summed E-state index contributed by atoms with van der Waals surface area (Å²) in [4.78, 5) is 12.0. The maximum atomic E-state index is 12.0. The van der Waals surface area contributed by atoms with Crippen LogP contribution in [0.5, 0.6) is 0 Å². The number of hydrogen-bond donors (Lipinski definition) is 1. The normalized spacial score (nSPS) is 9.95. The van der Waals surface area contributed by atoms with Gasteiger partial charge in [0.25, 0.3) is 5.91 Å². The Bertz CT molecular complexity index is 634. The van der Waals surface area contributed by atoms with Gasteiger partial charge in [-0.3, -0.25) is 9.48 Å². The van der Waals surface area contributed by atoms with E-state index < -0.39 is 0 Å². The summed E-state index contributed by atoms with van der Waals surface area (Å²) in [7, 11) is 0. The number of hydrogen-bond acceptors (Lipinski definition) is 3. The van der Waals surface area contributed by atoms with Gasteiger partial charge in [-0.2, -0.15) is 10.4 Å². The first kappa shape index (κ1) is 12.8. The number of carbonyl (C=O) groups excluding carboxylic acids is 1. The van der Waals surface area contributed by atoms with Gasteiger partial charge in [-0.1, -0.05) is 0 Å². The van der Waals surface area contributed by atoms with Gasteiger partial charge in [-0.15, -0.1) is 0 Å². The third-order valence-electron chi connectivity index (χ3n) is 2.79. The highest BCUT2D eigenvalue weighted by molar-refractivity contribution is 6.02. The van der Waals surface area contributed by atoms with Crippen molar-refractivity contribution in [3.63, 3.8) is 0 Å². The van der Waals surface area contributed by atoms with E-state index in [1.165, 1.54) is 0 Å². The number of rotatable bonds is 3. The van der Waals surface area contributed by atoms with E-state index in [0.29, 0.717) is 16.9 Å². The van der Waals surface area contributed by atoms with Crippen molar-refractivity contribution in [3.05, 3.63) is 47.3 Å². The van der Waals surface area contributed by atoms with E-state index in [4.69, 9.17) is 5.26 Å². The van der Waals surface area contributed by atoms with Gasteiger partial charge in [-0.25, -0.2) is 0 Å². The maximum Gasteiger partial charge on any atom is 0.276 e. The number of aryl methyl sites for hydroxylation is 2. The molecule has 2 aromatic rings. The fraction of sp³-hybridized carbons (Fsp3) is 0.214. The van der Waals surface area contributed by atoms with Crippen molar-refractivity contribution in [2.45, 2.75) is 20.4 Å². The predicted molar refractivity (Wildman–Crippen MR) is 71.7 cm³/mol. The van der Waals surface area contributed by atoms with Crippen LogP contribution >= 0.6 is 0 Å². The Kier molecular flexibility index (Phi) is 3.62. The quantitative estimate of drug-likeness (QED) is 0.913. The van der Waals surface area contributed by atoms with Crippen LogP contribution in [0.2, 0.25) is 0 Å². The average molecular weight is 254 g/mol. The van der Waals surface area contributed by atoms with E-state index in [2.05, 4.69) is 10.4 Å². The van der Waals surface area contributed by atoms with Crippen molar-refractivity contribution in [3.8, 4) is 6.07 Å². The van der Waals surface area contributed by atoms with Crippen LogP contribution in [0.15, 0.2) is 30.3 Å². The molecule has 0 atom stereocenters. The topological polar surface area (TPSA) is 70.7 Å². The van der Waals surface area contributed by atoms with Gasteiger partial charge in [0.1, 0.15) is 0 Å². The van der Waals surface area contributed by atoms with Gasteiger partial charge in [-0.05, 0) is 44.2 Å². The molecule has 0 fully saturated rings. The van der Waals surface area contributed by atoms with Gasteiger partial charge in [0.05, 0.1) is 11.6 Å². The molecule has 2 rings (SSSR count). The van der Waals surface area contributed by atoms with Crippen LogP contribution < -0.4 is 5.32 Å². The van der Waals surface area contributed by atoms with Crippen molar-refractivity contribution in [1.82, 2.24) is 9.78 Å². The summed E-state index contributed by atoms with van der Waals surface area (Å²) in [5, 5.41) is 15.7. The number of benzene rings is 1. The lowest BCUT2D eigenvalue weighted by molar-refractivity contribution is 0.102. The van der Waals surface area contributed by atoms with Crippen molar-refractivity contribution in [1.29, 1.82) is 5.26 Å². The summed E-state index contributed by atoms with van der Waals surface area (Å²) in [5.41, 5.74) is 2.55. The SMILES string of the molecule is CCn1nc(C(=O)Nc2ccc(C#N)cc2)cc1C. The number of amides is 1. The fourth-order valence-corrected chi connectivity index (χ4v) is 1.76. The van der Waals surface area contributed by atoms with Crippen molar-refractivity contribution in [2.24, 2.45) is 0 Å². The van der Waals surface area contributed by atoms with Crippen molar-refractivity contribution in [2.75, 3.05) is 5.32 Å². The number of nitriles is 1. The van der Waals surface area contributed by atoms with E-state index in [9.17, 15) is 4.79 Å². The first-order chi connectivity index (χ1) is 9.13. The van der Waals surface area contributed by atoms with Gasteiger partial charge in [0, 0.05) is 17.9 Å². The lowest BCUT2D eigenvalue weighted by Crippen LogP contribution is -2.13. The Labute approximate surface area is 111 Å². The summed E-state index contributed by atoms with van der Waals surface area (Å²) in [6.45, 7) is 4.62. The first-order valence-electron chi connectivity index (χ1n) is 6.00. The van der Waals surface area contributed by atoms with Crippen LogP contribution in [-0.4, -0.2) is 15.7 Å².